The van der Waals surface area contributed by atoms with Crippen molar-refractivity contribution in [3.05, 3.63) is 47.5 Å². The van der Waals surface area contributed by atoms with E-state index in [4.69, 9.17) is 23.7 Å². The smallest absolute Gasteiger partial charge is 0.338 e. The predicted octanol–water partition coefficient (Wildman–Crippen LogP) is 3.82. The zero-order chi connectivity index (χ0) is 19.8. The van der Waals surface area contributed by atoms with Crippen LogP contribution in [-0.2, 0) is 9.53 Å². The lowest BCUT2D eigenvalue weighted by Crippen LogP contribution is -2.09. The summed E-state index contributed by atoms with van der Waals surface area (Å²) in [7, 11) is 6.16. The van der Waals surface area contributed by atoms with Crippen molar-refractivity contribution in [1.29, 1.82) is 0 Å². The maximum atomic E-state index is 12.7. The first-order valence-corrected chi connectivity index (χ1v) is 8.41. The molecule has 6 heteroatoms. The molecule has 0 saturated carbocycles. The van der Waals surface area contributed by atoms with E-state index >= 15 is 0 Å². The summed E-state index contributed by atoms with van der Waals surface area (Å²) in [5.41, 5.74) is 1.71. The number of ether oxygens (including phenoxy) is 5. The van der Waals surface area contributed by atoms with Gasteiger partial charge in [0.1, 0.15) is 5.75 Å². The van der Waals surface area contributed by atoms with Gasteiger partial charge in [0.05, 0.1) is 40.6 Å². The van der Waals surface area contributed by atoms with Gasteiger partial charge in [0.25, 0.3) is 0 Å². The summed E-state index contributed by atoms with van der Waals surface area (Å²) in [5.74, 6) is 1.57. The number of hydrogen-bond acceptors (Lipinski definition) is 6. The summed E-state index contributed by atoms with van der Waals surface area (Å²) < 4.78 is 26.7. The van der Waals surface area contributed by atoms with Crippen LogP contribution in [0.4, 0.5) is 0 Å². The molecule has 0 heterocycles. The molecule has 0 amide bonds. The molecule has 0 atom stereocenters. The van der Waals surface area contributed by atoms with Crippen LogP contribution in [0.25, 0.3) is 11.6 Å². The number of methoxy groups -OCH3 is 4. The Morgan fingerprint density at radius 3 is 2.04 bits per heavy atom. The first kappa shape index (κ1) is 20.2. The van der Waals surface area contributed by atoms with Gasteiger partial charge < -0.3 is 23.7 Å². The molecule has 0 radical (unpaired) electrons. The lowest BCUT2D eigenvalue weighted by atomic mass is 10.0. The summed E-state index contributed by atoms with van der Waals surface area (Å²) >= 11 is 0. The van der Waals surface area contributed by atoms with Gasteiger partial charge >= 0.3 is 5.97 Å². The van der Waals surface area contributed by atoms with Crippen LogP contribution < -0.4 is 18.9 Å². The average molecular weight is 372 g/mol. The fourth-order valence-electron chi connectivity index (χ4n) is 2.64. The Balaban J connectivity index is 2.63. The lowest BCUT2D eigenvalue weighted by Gasteiger charge is -2.17. The van der Waals surface area contributed by atoms with Crippen molar-refractivity contribution < 1.29 is 28.5 Å². The quantitative estimate of drug-likeness (QED) is 0.399. The molecule has 0 aliphatic rings. The second-order valence-electron chi connectivity index (χ2n) is 5.43. The summed E-state index contributed by atoms with van der Waals surface area (Å²) in [5, 5.41) is 0. The molecule has 0 aromatic heterocycles. The normalized spacial score (nSPS) is 10.9. The van der Waals surface area contributed by atoms with Crippen LogP contribution in [-0.4, -0.2) is 41.0 Å². The molecule has 0 aliphatic heterocycles. The van der Waals surface area contributed by atoms with Crippen molar-refractivity contribution >= 4 is 17.6 Å². The Morgan fingerprint density at radius 1 is 0.852 bits per heavy atom. The second-order valence-corrected chi connectivity index (χ2v) is 5.43. The monoisotopic (exact) mass is 372 g/mol. The van der Waals surface area contributed by atoms with Gasteiger partial charge in [-0.3, -0.25) is 0 Å². The van der Waals surface area contributed by atoms with Crippen molar-refractivity contribution in [2.24, 2.45) is 0 Å². The third kappa shape index (κ3) is 4.53. The predicted molar refractivity (Wildman–Crippen MR) is 104 cm³/mol. The van der Waals surface area contributed by atoms with Crippen LogP contribution >= 0.6 is 0 Å². The third-order valence-electron chi connectivity index (χ3n) is 3.92. The van der Waals surface area contributed by atoms with E-state index in [2.05, 4.69) is 0 Å². The maximum absolute atomic E-state index is 12.7. The minimum Gasteiger partial charge on any atom is -0.497 e. The van der Waals surface area contributed by atoms with Crippen molar-refractivity contribution in [3.8, 4) is 23.0 Å². The van der Waals surface area contributed by atoms with Gasteiger partial charge in [0.15, 0.2) is 11.5 Å². The zero-order valence-corrected chi connectivity index (χ0v) is 16.2. The number of carbonyl (C=O) groups excluding carboxylic acids is 1. The maximum Gasteiger partial charge on any atom is 0.338 e. The highest BCUT2D eigenvalue weighted by Crippen LogP contribution is 2.43. The highest BCUT2D eigenvalue weighted by molar-refractivity contribution is 6.22. The van der Waals surface area contributed by atoms with E-state index in [-0.39, 0.29) is 6.61 Å². The SMILES string of the molecule is CCOC(=O)/C(=C/c1ccc(OC)cc1)c1ccc(OC)c(OC)c1OC. The summed E-state index contributed by atoms with van der Waals surface area (Å²) in [6, 6.07) is 10.8. The van der Waals surface area contributed by atoms with Gasteiger partial charge in [-0.1, -0.05) is 12.1 Å². The topological polar surface area (TPSA) is 63.2 Å². The van der Waals surface area contributed by atoms with Gasteiger partial charge in [0, 0.05) is 5.56 Å². The Morgan fingerprint density at radius 2 is 1.52 bits per heavy atom. The Bertz CT molecular complexity index is 808. The number of esters is 1. The molecule has 144 valence electrons. The van der Waals surface area contributed by atoms with Gasteiger partial charge in [-0.25, -0.2) is 4.79 Å². The number of benzene rings is 2. The number of hydrogen-bond donors (Lipinski definition) is 0. The van der Waals surface area contributed by atoms with Crippen molar-refractivity contribution in [2.75, 3.05) is 35.0 Å². The van der Waals surface area contributed by atoms with E-state index in [1.165, 1.54) is 21.3 Å². The molecule has 2 aromatic rings. The zero-order valence-electron chi connectivity index (χ0n) is 16.2. The van der Waals surface area contributed by atoms with E-state index in [0.717, 1.165) is 11.3 Å². The molecule has 0 spiro atoms. The Labute approximate surface area is 159 Å². The van der Waals surface area contributed by atoms with E-state index in [1.807, 2.05) is 24.3 Å². The van der Waals surface area contributed by atoms with Crippen LogP contribution in [0.5, 0.6) is 23.0 Å². The van der Waals surface area contributed by atoms with Gasteiger partial charge in [-0.05, 0) is 42.8 Å². The van der Waals surface area contributed by atoms with Gasteiger partial charge in [-0.2, -0.15) is 0 Å². The molecule has 6 nitrogen and oxygen atoms in total. The molecule has 2 rings (SSSR count). The first-order chi connectivity index (χ1) is 13.1. The van der Waals surface area contributed by atoms with E-state index < -0.39 is 5.97 Å². The largest absolute Gasteiger partial charge is 0.497 e. The lowest BCUT2D eigenvalue weighted by molar-refractivity contribution is -0.136. The molecular formula is C21H24O6. The second kappa shape index (κ2) is 9.52. The van der Waals surface area contributed by atoms with Crippen molar-refractivity contribution in [1.82, 2.24) is 0 Å². The highest BCUT2D eigenvalue weighted by atomic mass is 16.5. The molecule has 0 unspecified atom stereocenters. The fourth-order valence-corrected chi connectivity index (χ4v) is 2.64. The van der Waals surface area contributed by atoms with Gasteiger partial charge in [0.2, 0.25) is 5.75 Å². The number of carbonyl (C=O) groups is 1. The average Bonchev–Trinajstić information content (AvgIpc) is 2.71. The van der Waals surface area contributed by atoms with Crippen LogP contribution in [0.2, 0.25) is 0 Å². The van der Waals surface area contributed by atoms with E-state index in [1.54, 1.807) is 32.2 Å². The molecule has 0 N–H and O–H groups in total. The third-order valence-corrected chi connectivity index (χ3v) is 3.92. The Hall–Kier alpha value is -3.15. The summed E-state index contributed by atoms with van der Waals surface area (Å²) in [6.45, 7) is 2.02. The van der Waals surface area contributed by atoms with E-state index in [9.17, 15) is 4.79 Å². The molecular weight excluding hydrogens is 348 g/mol. The van der Waals surface area contributed by atoms with Crippen LogP contribution in [0.3, 0.4) is 0 Å². The van der Waals surface area contributed by atoms with Crippen molar-refractivity contribution in [2.45, 2.75) is 6.92 Å². The van der Waals surface area contributed by atoms with Crippen LogP contribution in [0, 0.1) is 0 Å². The molecule has 2 aromatic carbocycles. The van der Waals surface area contributed by atoms with Crippen LogP contribution in [0.1, 0.15) is 18.1 Å². The molecule has 0 bridgehead atoms. The molecule has 0 aliphatic carbocycles. The standard InChI is InChI=1S/C21H24O6/c1-6-27-21(22)17(13-14-7-9-15(23-2)10-8-14)16-11-12-18(24-3)20(26-5)19(16)25-4/h7-13H,6H2,1-5H3/b17-13+. The molecule has 0 saturated heterocycles. The number of rotatable bonds is 8. The van der Waals surface area contributed by atoms with Crippen LogP contribution in [0.15, 0.2) is 36.4 Å². The molecule has 0 fully saturated rings. The van der Waals surface area contributed by atoms with Crippen molar-refractivity contribution in [3.63, 3.8) is 0 Å². The summed E-state index contributed by atoms with van der Waals surface area (Å²) in [6.07, 6.45) is 1.74. The highest BCUT2D eigenvalue weighted by Gasteiger charge is 2.23. The minimum absolute atomic E-state index is 0.258. The minimum atomic E-state index is -0.459. The van der Waals surface area contributed by atoms with Gasteiger partial charge in [-0.15, -0.1) is 0 Å². The summed E-state index contributed by atoms with van der Waals surface area (Å²) in [4.78, 5) is 12.7. The Kier molecular flexibility index (Phi) is 7.11. The first-order valence-electron chi connectivity index (χ1n) is 8.41. The van der Waals surface area contributed by atoms with E-state index in [0.29, 0.717) is 28.4 Å². The fraction of sp³-hybridized carbons (Fsp3) is 0.286. The molecule has 27 heavy (non-hydrogen) atoms.